The summed E-state index contributed by atoms with van der Waals surface area (Å²) in [6.45, 7) is 3.22. The number of likely N-dealkylation sites (tertiary alicyclic amines) is 1. The minimum absolute atomic E-state index is 0.138. The summed E-state index contributed by atoms with van der Waals surface area (Å²) in [6, 6.07) is 17.9. The fraction of sp³-hybridized carbons (Fsp3) is 0.538. The fourth-order valence-corrected chi connectivity index (χ4v) is 6.76. The van der Waals surface area contributed by atoms with Gasteiger partial charge in [-0.1, -0.05) is 36.4 Å². The van der Waals surface area contributed by atoms with E-state index in [1.165, 1.54) is 29.5 Å². The van der Waals surface area contributed by atoms with Crippen LogP contribution in [0.25, 0.3) is 0 Å². The van der Waals surface area contributed by atoms with Crippen LogP contribution in [0.3, 0.4) is 0 Å². The fourth-order valence-electron chi connectivity index (χ4n) is 6.76. The molecule has 2 aromatic carbocycles. The molecule has 1 spiro atoms. The Bertz CT molecular complexity index is 923. The first-order valence-corrected chi connectivity index (χ1v) is 11.5. The van der Waals surface area contributed by atoms with E-state index in [2.05, 4.69) is 54.4 Å². The van der Waals surface area contributed by atoms with E-state index >= 15 is 0 Å². The standard InChI is InChI=1S/C26H31NO3/c1-27-12-11-25-18-26(29-13-14-30-26)10-9-22(25)24(27)15-20-7-8-21(16-23(20)25)28-17-19-5-3-2-4-6-19/h2-8,16,22,24H,9-15,17-18H2,1H3/t22-,24+,25-/m1/s1. The van der Waals surface area contributed by atoms with Crippen molar-refractivity contribution in [3.8, 4) is 5.75 Å². The first-order valence-electron chi connectivity index (χ1n) is 11.5. The average molecular weight is 406 g/mol. The highest BCUT2D eigenvalue weighted by molar-refractivity contribution is 5.46. The van der Waals surface area contributed by atoms with Crippen LogP contribution in [0.1, 0.15) is 42.4 Å². The van der Waals surface area contributed by atoms with Crippen LogP contribution in [0.5, 0.6) is 5.75 Å². The van der Waals surface area contributed by atoms with Crippen molar-refractivity contribution in [3.05, 3.63) is 65.2 Å². The van der Waals surface area contributed by atoms with Gasteiger partial charge in [0, 0.05) is 24.3 Å². The predicted molar refractivity (Wildman–Crippen MR) is 116 cm³/mol. The van der Waals surface area contributed by atoms with Crippen LogP contribution in [-0.2, 0) is 27.9 Å². The minimum Gasteiger partial charge on any atom is -0.489 e. The highest BCUT2D eigenvalue weighted by Crippen LogP contribution is 2.59. The van der Waals surface area contributed by atoms with Crippen LogP contribution in [0, 0.1) is 5.92 Å². The lowest BCUT2D eigenvalue weighted by Crippen LogP contribution is -2.63. The zero-order valence-electron chi connectivity index (χ0n) is 17.8. The van der Waals surface area contributed by atoms with Crippen LogP contribution >= 0.6 is 0 Å². The van der Waals surface area contributed by atoms with E-state index in [9.17, 15) is 0 Å². The number of fused-ring (bicyclic) bond motifs is 1. The highest BCUT2D eigenvalue weighted by Gasteiger charge is 2.60. The molecule has 2 aliphatic carbocycles. The Kier molecular flexibility index (Phi) is 4.45. The van der Waals surface area contributed by atoms with E-state index < -0.39 is 0 Å². The number of nitrogens with zero attached hydrogens (tertiary/aromatic N) is 1. The van der Waals surface area contributed by atoms with Gasteiger partial charge in [0.05, 0.1) is 13.2 Å². The first-order chi connectivity index (χ1) is 14.7. The summed E-state index contributed by atoms with van der Waals surface area (Å²) in [5.41, 5.74) is 4.33. The molecule has 0 N–H and O–H groups in total. The molecule has 1 saturated carbocycles. The number of hydrogen-bond donors (Lipinski definition) is 0. The SMILES string of the molecule is CN1CC[C@@]23CC4(CC[C@@H]2[C@@H]1Cc1ccc(OCc2ccccc2)cc13)OCCO4. The third-order valence-corrected chi connectivity index (χ3v) is 8.18. The van der Waals surface area contributed by atoms with Crippen LogP contribution in [0.4, 0.5) is 0 Å². The van der Waals surface area contributed by atoms with Gasteiger partial charge in [0.2, 0.25) is 0 Å². The number of rotatable bonds is 3. The second kappa shape index (κ2) is 7.08. The summed E-state index contributed by atoms with van der Waals surface area (Å²) in [5.74, 6) is 1.29. The van der Waals surface area contributed by atoms with E-state index in [4.69, 9.17) is 14.2 Å². The first kappa shape index (κ1) is 18.9. The van der Waals surface area contributed by atoms with Crippen LogP contribution in [0.2, 0.25) is 0 Å². The van der Waals surface area contributed by atoms with Gasteiger partial charge in [0.25, 0.3) is 0 Å². The van der Waals surface area contributed by atoms with Crippen molar-refractivity contribution in [1.29, 1.82) is 0 Å². The van der Waals surface area contributed by atoms with E-state index in [0.717, 1.165) is 44.8 Å². The van der Waals surface area contributed by atoms with Gasteiger partial charge in [-0.2, -0.15) is 0 Å². The molecule has 2 saturated heterocycles. The molecule has 0 aromatic heterocycles. The van der Waals surface area contributed by atoms with Crippen molar-refractivity contribution < 1.29 is 14.2 Å². The van der Waals surface area contributed by atoms with Gasteiger partial charge in [0.15, 0.2) is 5.79 Å². The molecule has 3 atom stereocenters. The predicted octanol–water partition coefficient (Wildman–Crippen LogP) is 4.31. The van der Waals surface area contributed by atoms with Crippen molar-refractivity contribution >= 4 is 0 Å². The topological polar surface area (TPSA) is 30.9 Å². The normalized spacial score (nSPS) is 31.9. The van der Waals surface area contributed by atoms with Crippen molar-refractivity contribution in [2.45, 2.75) is 56.0 Å². The summed E-state index contributed by atoms with van der Waals surface area (Å²) >= 11 is 0. The number of hydrogen-bond acceptors (Lipinski definition) is 4. The number of ether oxygens (including phenoxy) is 3. The summed E-state index contributed by atoms with van der Waals surface area (Å²) in [7, 11) is 2.31. The van der Waals surface area contributed by atoms with Crippen molar-refractivity contribution in [1.82, 2.24) is 4.90 Å². The molecule has 4 aliphatic rings. The van der Waals surface area contributed by atoms with E-state index in [-0.39, 0.29) is 11.2 Å². The van der Waals surface area contributed by atoms with Gasteiger partial charge in [-0.15, -0.1) is 0 Å². The molecule has 4 nitrogen and oxygen atoms in total. The highest BCUT2D eigenvalue weighted by atomic mass is 16.7. The third kappa shape index (κ3) is 2.92. The maximum atomic E-state index is 6.24. The summed E-state index contributed by atoms with van der Waals surface area (Å²) in [5, 5.41) is 0. The van der Waals surface area contributed by atoms with Gasteiger partial charge < -0.3 is 19.1 Å². The number of piperidine rings is 1. The second-order valence-electron chi connectivity index (χ2n) is 9.68. The Morgan fingerprint density at radius 1 is 1.07 bits per heavy atom. The van der Waals surface area contributed by atoms with Crippen LogP contribution in [-0.4, -0.2) is 43.5 Å². The Hall–Kier alpha value is -1.88. The molecule has 0 radical (unpaired) electrons. The lowest BCUT2D eigenvalue weighted by molar-refractivity contribution is -0.212. The van der Waals surface area contributed by atoms with Gasteiger partial charge in [-0.25, -0.2) is 0 Å². The van der Waals surface area contributed by atoms with Gasteiger partial charge in [0.1, 0.15) is 12.4 Å². The molecule has 30 heavy (non-hydrogen) atoms. The largest absolute Gasteiger partial charge is 0.489 e. The molecular formula is C26H31NO3. The Morgan fingerprint density at radius 3 is 2.73 bits per heavy atom. The van der Waals surface area contributed by atoms with E-state index in [1.807, 2.05) is 6.07 Å². The average Bonchev–Trinajstić information content (AvgIpc) is 3.23. The molecular weight excluding hydrogens is 374 g/mol. The third-order valence-electron chi connectivity index (χ3n) is 8.18. The lowest BCUT2D eigenvalue weighted by Gasteiger charge is -2.60. The Balaban J connectivity index is 1.36. The zero-order chi connectivity index (χ0) is 20.2. The maximum Gasteiger partial charge on any atom is 0.169 e. The monoisotopic (exact) mass is 405 g/mol. The molecule has 4 heteroatoms. The molecule has 2 bridgehead atoms. The lowest BCUT2D eigenvalue weighted by atomic mass is 9.51. The molecule has 0 amide bonds. The molecule has 2 heterocycles. The van der Waals surface area contributed by atoms with Crippen molar-refractivity contribution in [2.75, 3.05) is 26.8 Å². The van der Waals surface area contributed by atoms with Gasteiger partial charge in [-0.05, 0) is 67.6 Å². The van der Waals surface area contributed by atoms with Crippen LogP contribution < -0.4 is 4.74 Å². The molecule has 2 aliphatic heterocycles. The summed E-state index contributed by atoms with van der Waals surface area (Å²) in [6.07, 6.45) is 5.52. The Labute approximate surface area is 179 Å². The summed E-state index contributed by atoms with van der Waals surface area (Å²) in [4.78, 5) is 2.60. The van der Waals surface area contributed by atoms with E-state index in [0.29, 0.717) is 18.6 Å². The van der Waals surface area contributed by atoms with Gasteiger partial charge >= 0.3 is 0 Å². The van der Waals surface area contributed by atoms with Crippen molar-refractivity contribution in [2.24, 2.45) is 5.92 Å². The molecule has 2 aromatic rings. The molecule has 0 unspecified atom stereocenters. The van der Waals surface area contributed by atoms with E-state index in [1.54, 1.807) is 0 Å². The molecule has 3 fully saturated rings. The summed E-state index contributed by atoms with van der Waals surface area (Å²) < 4.78 is 18.7. The Morgan fingerprint density at radius 2 is 1.90 bits per heavy atom. The van der Waals surface area contributed by atoms with Crippen molar-refractivity contribution in [3.63, 3.8) is 0 Å². The minimum atomic E-state index is -0.369. The quantitative estimate of drug-likeness (QED) is 0.762. The number of benzene rings is 2. The number of likely N-dealkylation sites (N-methyl/N-ethyl adjacent to an activating group) is 1. The smallest absolute Gasteiger partial charge is 0.169 e. The van der Waals surface area contributed by atoms with Gasteiger partial charge in [-0.3, -0.25) is 0 Å². The maximum absolute atomic E-state index is 6.24. The molecule has 158 valence electrons. The zero-order valence-corrected chi connectivity index (χ0v) is 17.8. The molecule has 6 rings (SSSR count). The second-order valence-corrected chi connectivity index (χ2v) is 9.68. The van der Waals surface area contributed by atoms with Crippen LogP contribution in [0.15, 0.2) is 48.5 Å².